The summed E-state index contributed by atoms with van der Waals surface area (Å²) in [6, 6.07) is 19.4. The van der Waals surface area contributed by atoms with Crippen molar-refractivity contribution in [3.05, 3.63) is 101 Å². The van der Waals surface area contributed by atoms with Crippen LogP contribution in [-0.4, -0.2) is 26.2 Å². The molecule has 3 aromatic rings. The van der Waals surface area contributed by atoms with Gasteiger partial charge in [-0.2, -0.15) is 5.26 Å². The number of hydrogen-bond acceptors (Lipinski definition) is 2. The first-order chi connectivity index (χ1) is 14.6. The van der Waals surface area contributed by atoms with Gasteiger partial charge < -0.3 is 9.80 Å². The molecule has 4 rings (SSSR count). The normalized spacial score (nSPS) is 14.7. The molecule has 1 saturated heterocycles. The Morgan fingerprint density at radius 3 is 1.83 bits per heavy atom. The first-order valence-electron chi connectivity index (χ1n) is 9.86. The van der Waals surface area contributed by atoms with Crippen molar-refractivity contribution < 1.29 is 18.1 Å². The highest BCUT2D eigenvalue weighted by molar-refractivity contribution is 5.60. The number of benzene rings is 3. The molecule has 1 aliphatic rings. The molecule has 6 heteroatoms. The molecule has 1 N–H and O–H groups in total. The van der Waals surface area contributed by atoms with Gasteiger partial charge in [-0.15, -0.1) is 0 Å². The maximum absolute atomic E-state index is 14.0. The largest absolute Gasteiger partial charge is 0.359 e. The zero-order chi connectivity index (χ0) is 21.1. The van der Waals surface area contributed by atoms with E-state index in [2.05, 4.69) is 0 Å². The van der Waals surface area contributed by atoms with Gasteiger partial charge in [0.15, 0.2) is 0 Å². The summed E-state index contributed by atoms with van der Waals surface area (Å²) in [5, 5.41) is 9.33. The Balaban J connectivity index is 1.60. The van der Waals surface area contributed by atoms with Gasteiger partial charge in [-0.1, -0.05) is 6.07 Å². The lowest BCUT2D eigenvalue weighted by atomic mass is 9.96. The van der Waals surface area contributed by atoms with Crippen molar-refractivity contribution in [3.8, 4) is 6.07 Å². The molecule has 0 aliphatic carbocycles. The van der Waals surface area contributed by atoms with Crippen LogP contribution in [0.4, 0.5) is 18.9 Å². The zero-order valence-electron chi connectivity index (χ0n) is 16.3. The summed E-state index contributed by atoms with van der Waals surface area (Å²) in [5.74, 6) is -1.11. The number of rotatable bonds is 4. The standard InChI is InChI=1S/C24H20F3N3/c25-19-8-4-17(5-9-19)24(18-6-10-20(26)11-7-18)30-14-12-29(13-15-30)23-3-1-2-22(27)21(23)16-28/h1-11,24H,12-15H2/p+1. The zero-order valence-corrected chi connectivity index (χ0v) is 16.3. The Labute approximate surface area is 173 Å². The summed E-state index contributed by atoms with van der Waals surface area (Å²) in [6.45, 7) is 2.76. The number of nitrogens with zero attached hydrogens (tertiary/aromatic N) is 2. The Hall–Kier alpha value is -3.30. The highest BCUT2D eigenvalue weighted by Gasteiger charge is 2.31. The summed E-state index contributed by atoms with van der Waals surface area (Å²) >= 11 is 0. The van der Waals surface area contributed by atoms with Crippen molar-refractivity contribution in [1.29, 1.82) is 5.26 Å². The predicted molar refractivity (Wildman–Crippen MR) is 109 cm³/mol. The Bertz CT molecular complexity index is 1010. The van der Waals surface area contributed by atoms with Gasteiger partial charge in [0.05, 0.1) is 31.9 Å². The Morgan fingerprint density at radius 1 is 0.800 bits per heavy atom. The monoisotopic (exact) mass is 408 g/mol. The molecule has 3 aromatic carbocycles. The molecule has 0 amide bonds. The smallest absolute Gasteiger partial charge is 0.143 e. The molecule has 1 heterocycles. The summed E-state index contributed by atoms with van der Waals surface area (Å²) in [5.41, 5.74) is 2.58. The van der Waals surface area contributed by atoms with Crippen LogP contribution in [0.5, 0.6) is 0 Å². The van der Waals surface area contributed by atoms with Crippen LogP contribution >= 0.6 is 0 Å². The summed E-state index contributed by atoms with van der Waals surface area (Å²) in [6.07, 6.45) is 0. The van der Waals surface area contributed by atoms with E-state index in [4.69, 9.17) is 0 Å². The molecule has 30 heavy (non-hydrogen) atoms. The molecule has 0 aromatic heterocycles. The third kappa shape index (κ3) is 4.03. The second-order valence-electron chi connectivity index (χ2n) is 7.43. The van der Waals surface area contributed by atoms with Gasteiger partial charge in [-0.05, 0) is 60.7 Å². The fraction of sp³-hybridized carbons (Fsp3) is 0.208. The van der Waals surface area contributed by atoms with Crippen LogP contribution in [0.3, 0.4) is 0 Å². The highest BCUT2D eigenvalue weighted by atomic mass is 19.1. The number of nitrogens with one attached hydrogen (secondary N) is 1. The molecule has 0 atom stereocenters. The summed E-state index contributed by atoms with van der Waals surface area (Å²) < 4.78 is 40.9. The van der Waals surface area contributed by atoms with E-state index in [1.807, 2.05) is 11.0 Å². The number of halogens is 3. The van der Waals surface area contributed by atoms with Crippen LogP contribution in [0.1, 0.15) is 22.7 Å². The predicted octanol–water partition coefficient (Wildman–Crippen LogP) is 3.47. The molecule has 3 nitrogen and oxygen atoms in total. The van der Waals surface area contributed by atoms with Crippen molar-refractivity contribution in [2.45, 2.75) is 6.04 Å². The van der Waals surface area contributed by atoms with Crippen molar-refractivity contribution in [2.75, 3.05) is 31.1 Å². The average Bonchev–Trinajstić information content (AvgIpc) is 2.77. The maximum atomic E-state index is 14.0. The lowest BCUT2D eigenvalue weighted by Crippen LogP contribution is -3.15. The van der Waals surface area contributed by atoms with Crippen LogP contribution in [0.2, 0.25) is 0 Å². The van der Waals surface area contributed by atoms with E-state index in [0.29, 0.717) is 18.8 Å². The number of nitriles is 1. The molecule has 1 fully saturated rings. The first kappa shape index (κ1) is 20.0. The van der Waals surface area contributed by atoms with Gasteiger partial charge in [-0.25, -0.2) is 13.2 Å². The van der Waals surface area contributed by atoms with Crippen LogP contribution in [-0.2, 0) is 0 Å². The van der Waals surface area contributed by atoms with Gasteiger partial charge >= 0.3 is 0 Å². The molecule has 1 aliphatic heterocycles. The molecule has 0 radical (unpaired) electrons. The average molecular weight is 408 g/mol. The lowest BCUT2D eigenvalue weighted by molar-refractivity contribution is -0.926. The van der Waals surface area contributed by atoms with E-state index in [1.54, 1.807) is 36.4 Å². The van der Waals surface area contributed by atoms with Crippen LogP contribution in [0.15, 0.2) is 66.7 Å². The number of piperazine rings is 1. The van der Waals surface area contributed by atoms with Gasteiger partial charge in [-0.3, -0.25) is 0 Å². The Morgan fingerprint density at radius 2 is 1.33 bits per heavy atom. The second kappa shape index (κ2) is 8.60. The Kier molecular flexibility index (Phi) is 5.73. The fourth-order valence-corrected chi connectivity index (χ4v) is 4.18. The summed E-state index contributed by atoms with van der Waals surface area (Å²) in [7, 11) is 0. The van der Waals surface area contributed by atoms with Crippen molar-refractivity contribution in [3.63, 3.8) is 0 Å². The lowest BCUT2D eigenvalue weighted by Gasteiger charge is -2.38. The van der Waals surface area contributed by atoms with E-state index in [1.165, 1.54) is 35.2 Å². The number of anilines is 1. The van der Waals surface area contributed by atoms with Crippen LogP contribution in [0, 0.1) is 28.8 Å². The van der Waals surface area contributed by atoms with Gasteiger partial charge in [0.2, 0.25) is 0 Å². The topological polar surface area (TPSA) is 31.5 Å². The molecule has 152 valence electrons. The molecule has 0 saturated carbocycles. The van der Waals surface area contributed by atoms with Gasteiger partial charge in [0.1, 0.15) is 35.1 Å². The minimum atomic E-state index is -0.514. The molecule has 0 bridgehead atoms. The van der Waals surface area contributed by atoms with E-state index >= 15 is 0 Å². The molecule has 0 spiro atoms. The van der Waals surface area contributed by atoms with E-state index < -0.39 is 5.82 Å². The van der Waals surface area contributed by atoms with E-state index in [-0.39, 0.29) is 23.2 Å². The van der Waals surface area contributed by atoms with E-state index in [9.17, 15) is 18.4 Å². The SMILES string of the molecule is N#Cc1c(F)cccc1N1CC[NH+](C(c2ccc(F)cc2)c2ccc(F)cc2)CC1. The van der Waals surface area contributed by atoms with Crippen molar-refractivity contribution in [2.24, 2.45) is 0 Å². The van der Waals surface area contributed by atoms with Crippen molar-refractivity contribution in [1.82, 2.24) is 0 Å². The van der Waals surface area contributed by atoms with E-state index in [0.717, 1.165) is 24.2 Å². The molecule has 0 unspecified atom stereocenters. The minimum Gasteiger partial charge on any atom is -0.359 e. The van der Waals surface area contributed by atoms with Crippen LogP contribution < -0.4 is 9.80 Å². The minimum absolute atomic E-state index is 0.0644. The fourth-order valence-electron chi connectivity index (χ4n) is 4.18. The summed E-state index contributed by atoms with van der Waals surface area (Å²) in [4.78, 5) is 3.27. The third-order valence-corrected chi connectivity index (χ3v) is 5.66. The first-order valence-corrected chi connectivity index (χ1v) is 9.86. The quantitative estimate of drug-likeness (QED) is 0.717. The van der Waals surface area contributed by atoms with Gasteiger partial charge in [0, 0.05) is 11.1 Å². The maximum Gasteiger partial charge on any atom is 0.143 e. The third-order valence-electron chi connectivity index (χ3n) is 5.66. The second-order valence-corrected chi connectivity index (χ2v) is 7.43. The highest BCUT2D eigenvalue weighted by Crippen LogP contribution is 2.24. The number of hydrogen-bond donors (Lipinski definition) is 1. The number of quaternary nitrogens is 1. The van der Waals surface area contributed by atoms with Crippen LogP contribution in [0.25, 0.3) is 0 Å². The molecular formula is C24H21F3N3+. The van der Waals surface area contributed by atoms with Gasteiger partial charge in [0.25, 0.3) is 0 Å². The van der Waals surface area contributed by atoms with Crippen molar-refractivity contribution >= 4 is 5.69 Å². The molecular weight excluding hydrogens is 387 g/mol.